The van der Waals surface area contributed by atoms with Gasteiger partial charge in [-0.05, 0) is 31.2 Å². The molecule has 0 radical (unpaired) electrons. The van der Waals surface area contributed by atoms with Crippen LogP contribution in [-0.4, -0.2) is 48.2 Å². The molecule has 28 heavy (non-hydrogen) atoms. The van der Waals surface area contributed by atoms with Gasteiger partial charge in [-0.15, -0.1) is 0 Å². The van der Waals surface area contributed by atoms with Gasteiger partial charge in [-0.25, -0.2) is 0 Å². The minimum Gasteiger partial charge on any atom is -0.496 e. The van der Waals surface area contributed by atoms with Crippen LogP contribution in [0.1, 0.15) is 45.7 Å². The number of halogens is 1. The topological polar surface area (TPSA) is 66.9 Å². The number of benzene rings is 2. The molecule has 3 rings (SSSR count). The van der Waals surface area contributed by atoms with E-state index in [2.05, 4.69) is 15.9 Å². The predicted octanol–water partition coefficient (Wildman–Crippen LogP) is 3.66. The van der Waals surface area contributed by atoms with Crippen LogP contribution >= 0.6 is 15.9 Å². The summed E-state index contributed by atoms with van der Waals surface area (Å²) in [5, 5.41) is 0. The number of methoxy groups -OCH3 is 1. The van der Waals surface area contributed by atoms with Crippen LogP contribution in [0.15, 0.2) is 46.9 Å². The highest BCUT2D eigenvalue weighted by atomic mass is 79.9. The molecular weight excluding hydrogens is 424 g/mol. The molecule has 3 amide bonds. The van der Waals surface area contributed by atoms with E-state index in [0.29, 0.717) is 16.9 Å². The number of amides is 3. The monoisotopic (exact) mass is 444 g/mol. The Balaban J connectivity index is 1.67. The Morgan fingerprint density at radius 2 is 1.82 bits per heavy atom. The molecule has 6 nitrogen and oxygen atoms in total. The van der Waals surface area contributed by atoms with Crippen LogP contribution in [0.5, 0.6) is 5.75 Å². The highest BCUT2D eigenvalue weighted by Crippen LogP contribution is 2.29. The number of hydrogen-bond donors (Lipinski definition) is 0. The molecule has 2 aromatic carbocycles. The number of carbonyl (C=O) groups excluding carboxylic acids is 3. The van der Waals surface area contributed by atoms with Gasteiger partial charge in [0.05, 0.1) is 24.3 Å². The molecule has 146 valence electrons. The van der Waals surface area contributed by atoms with Gasteiger partial charge in [0.25, 0.3) is 11.8 Å². The molecule has 0 N–H and O–H groups in total. The van der Waals surface area contributed by atoms with Crippen LogP contribution in [0.4, 0.5) is 0 Å². The Morgan fingerprint density at radius 3 is 2.54 bits per heavy atom. The van der Waals surface area contributed by atoms with Crippen molar-refractivity contribution in [3.8, 4) is 5.75 Å². The molecule has 0 bridgehead atoms. The molecule has 1 atom stereocenters. The minimum absolute atomic E-state index is 0.0474. The van der Waals surface area contributed by atoms with E-state index in [9.17, 15) is 14.4 Å². The molecule has 1 heterocycles. The molecule has 7 heteroatoms. The number of para-hydroxylation sites is 1. The number of fused-ring (bicyclic) bond motifs is 1. The Bertz CT molecular complexity index is 944. The first-order valence-electron chi connectivity index (χ1n) is 8.89. The van der Waals surface area contributed by atoms with E-state index in [4.69, 9.17) is 4.74 Å². The van der Waals surface area contributed by atoms with Gasteiger partial charge < -0.3 is 9.64 Å². The largest absolute Gasteiger partial charge is 0.496 e. The van der Waals surface area contributed by atoms with Crippen LogP contribution in [0.2, 0.25) is 0 Å². The second-order valence-corrected chi connectivity index (χ2v) is 7.54. The molecule has 1 unspecified atom stereocenters. The van der Waals surface area contributed by atoms with Crippen molar-refractivity contribution in [1.82, 2.24) is 9.80 Å². The van der Waals surface area contributed by atoms with Crippen LogP contribution in [0.3, 0.4) is 0 Å². The van der Waals surface area contributed by atoms with Crippen LogP contribution in [0, 0.1) is 0 Å². The lowest BCUT2D eigenvalue weighted by molar-refractivity contribution is -0.131. The first-order chi connectivity index (χ1) is 13.3. The highest BCUT2D eigenvalue weighted by Gasteiger charge is 2.35. The standard InChI is InChI=1S/C21H21BrN2O4/c1-13(15-6-4-5-7-18(15)28-3)23(2)19(25)10-11-24-20(26)16-9-8-14(22)12-17(16)21(24)27/h4-9,12-13H,10-11H2,1-3H3. The second kappa shape index (κ2) is 8.14. The molecule has 0 saturated carbocycles. The van der Waals surface area contributed by atoms with Crippen molar-refractivity contribution in [2.45, 2.75) is 19.4 Å². The lowest BCUT2D eigenvalue weighted by Crippen LogP contribution is -2.36. The van der Waals surface area contributed by atoms with E-state index in [1.54, 1.807) is 37.3 Å². The third kappa shape index (κ3) is 3.67. The van der Waals surface area contributed by atoms with Crippen LogP contribution in [0.25, 0.3) is 0 Å². The number of ether oxygens (including phenoxy) is 1. The summed E-state index contributed by atoms with van der Waals surface area (Å²) < 4.78 is 6.10. The quantitative estimate of drug-likeness (QED) is 0.637. The molecule has 0 saturated heterocycles. The smallest absolute Gasteiger partial charge is 0.261 e. The van der Waals surface area contributed by atoms with E-state index in [1.807, 2.05) is 31.2 Å². The third-order valence-corrected chi connectivity index (χ3v) is 5.54. The van der Waals surface area contributed by atoms with E-state index in [0.717, 1.165) is 14.9 Å². The molecule has 0 fully saturated rings. The Kier molecular flexibility index (Phi) is 5.84. The van der Waals surface area contributed by atoms with E-state index in [-0.39, 0.29) is 36.7 Å². The zero-order chi connectivity index (χ0) is 20.4. The minimum atomic E-state index is -0.366. The average Bonchev–Trinajstić information content (AvgIpc) is 2.94. The van der Waals surface area contributed by atoms with Gasteiger partial charge in [0.1, 0.15) is 5.75 Å². The molecule has 1 aliphatic rings. The second-order valence-electron chi connectivity index (χ2n) is 6.62. The van der Waals surface area contributed by atoms with Crippen molar-refractivity contribution < 1.29 is 19.1 Å². The summed E-state index contributed by atoms with van der Waals surface area (Å²) in [6, 6.07) is 12.3. The summed E-state index contributed by atoms with van der Waals surface area (Å²) >= 11 is 3.31. The third-order valence-electron chi connectivity index (χ3n) is 5.05. The van der Waals surface area contributed by atoms with Crippen LogP contribution < -0.4 is 4.74 Å². The molecule has 1 aliphatic heterocycles. The van der Waals surface area contributed by atoms with Crippen molar-refractivity contribution in [3.05, 3.63) is 63.6 Å². The first kappa shape index (κ1) is 20.1. The molecule has 0 aromatic heterocycles. The summed E-state index contributed by atoms with van der Waals surface area (Å²) in [5.74, 6) is -0.174. The zero-order valence-electron chi connectivity index (χ0n) is 15.9. The highest BCUT2D eigenvalue weighted by molar-refractivity contribution is 9.10. The number of carbonyl (C=O) groups is 3. The van der Waals surface area contributed by atoms with Gasteiger partial charge in [0.15, 0.2) is 0 Å². The van der Waals surface area contributed by atoms with E-state index < -0.39 is 0 Å². The molecule has 0 aliphatic carbocycles. The van der Waals surface area contributed by atoms with Gasteiger partial charge in [0, 0.05) is 30.0 Å². The average molecular weight is 445 g/mol. The fourth-order valence-electron chi connectivity index (χ4n) is 3.29. The maximum absolute atomic E-state index is 12.7. The molecule has 0 spiro atoms. The summed E-state index contributed by atoms with van der Waals surface area (Å²) in [7, 11) is 3.30. The Labute approximate surface area is 172 Å². The number of nitrogens with zero attached hydrogens (tertiary/aromatic N) is 2. The molecular formula is C21H21BrN2O4. The normalized spacial score (nSPS) is 14.1. The summed E-state index contributed by atoms with van der Waals surface area (Å²) in [6.07, 6.45) is 0.0582. The van der Waals surface area contributed by atoms with Gasteiger partial charge >= 0.3 is 0 Å². The summed E-state index contributed by atoms with van der Waals surface area (Å²) in [5.41, 5.74) is 1.63. The zero-order valence-corrected chi connectivity index (χ0v) is 17.5. The fourth-order valence-corrected chi connectivity index (χ4v) is 3.65. The van der Waals surface area contributed by atoms with Crippen molar-refractivity contribution in [2.24, 2.45) is 0 Å². The first-order valence-corrected chi connectivity index (χ1v) is 9.68. The van der Waals surface area contributed by atoms with Gasteiger partial charge in [-0.3, -0.25) is 19.3 Å². The maximum Gasteiger partial charge on any atom is 0.261 e. The number of hydrogen-bond acceptors (Lipinski definition) is 4. The fraction of sp³-hybridized carbons (Fsp3) is 0.286. The Hall–Kier alpha value is -2.67. The lowest BCUT2D eigenvalue weighted by atomic mass is 10.1. The predicted molar refractivity (Wildman–Crippen MR) is 108 cm³/mol. The summed E-state index contributed by atoms with van der Waals surface area (Å²) in [4.78, 5) is 40.4. The van der Waals surface area contributed by atoms with E-state index in [1.165, 1.54) is 0 Å². The number of rotatable bonds is 6. The SMILES string of the molecule is COc1ccccc1C(C)N(C)C(=O)CCN1C(=O)c2ccc(Br)cc2C1=O. The maximum atomic E-state index is 12.7. The van der Waals surface area contributed by atoms with Gasteiger partial charge in [-0.2, -0.15) is 0 Å². The lowest BCUT2D eigenvalue weighted by Gasteiger charge is -2.27. The number of imide groups is 1. The molecule has 2 aromatic rings. The van der Waals surface area contributed by atoms with Crippen molar-refractivity contribution in [3.63, 3.8) is 0 Å². The van der Waals surface area contributed by atoms with Gasteiger partial charge in [-0.1, -0.05) is 34.1 Å². The Morgan fingerprint density at radius 1 is 1.14 bits per heavy atom. The summed E-state index contributed by atoms with van der Waals surface area (Å²) in [6.45, 7) is 1.96. The van der Waals surface area contributed by atoms with Crippen molar-refractivity contribution >= 4 is 33.7 Å². The van der Waals surface area contributed by atoms with Crippen molar-refractivity contribution in [1.29, 1.82) is 0 Å². The van der Waals surface area contributed by atoms with E-state index >= 15 is 0 Å². The van der Waals surface area contributed by atoms with Gasteiger partial charge in [0.2, 0.25) is 5.91 Å². The van der Waals surface area contributed by atoms with Crippen LogP contribution in [-0.2, 0) is 4.79 Å². The van der Waals surface area contributed by atoms with Crippen molar-refractivity contribution in [2.75, 3.05) is 20.7 Å².